The molecule has 2 aromatic rings. The van der Waals surface area contributed by atoms with E-state index >= 15 is 0 Å². The first kappa shape index (κ1) is 14.9. The topological polar surface area (TPSA) is 34.1 Å². The van der Waals surface area contributed by atoms with E-state index in [2.05, 4.69) is 48.4 Å². The molecule has 0 aliphatic carbocycles. The maximum Gasteiger partial charge on any atom is 0.0867 e. The van der Waals surface area contributed by atoms with Gasteiger partial charge in [-0.2, -0.15) is 0 Å². The van der Waals surface area contributed by atoms with Gasteiger partial charge in [-0.1, -0.05) is 26.0 Å². The molecule has 1 unspecified atom stereocenters. The minimum atomic E-state index is -0.176. The Labute approximate surface area is 121 Å². The van der Waals surface area contributed by atoms with E-state index in [-0.39, 0.29) is 11.6 Å². The minimum absolute atomic E-state index is 0.173. The number of rotatable bonds is 6. The molecule has 0 spiro atoms. The molecule has 1 aromatic heterocycles. The zero-order valence-electron chi connectivity index (χ0n) is 12.8. The van der Waals surface area contributed by atoms with Gasteiger partial charge in [0.2, 0.25) is 0 Å². The summed E-state index contributed by atoms with van der Waals surface area (Å²) in [5, 5.41) is 4.60. The molecule has 0 aliphatic rings. The lowest BCUT2D eigenvalue weighted by atomic mass is 9.83. The number of hydrogen-bond donors (Lipinski definition) is 1. The maximum absolute atomic E-state index is 5.88. The quantitative estimate of drug-likeness (QED) is 0.870. The second-order valence-corrected chi connectivity index (χ2v) is 5.15. The van der Waals surface area contributed by atoms with Crippen LogP contribution < -0.4 is 5.32 Å². The van der Waals surface area contributed by atoms with Crippen molar-refractivity contribution in [2.75, 3.05) is 14.2 Å². The summed E-state index contributed by atoms with van der Waals surface area (Å²) in [6.07, 6.45) is 3.77. The Hall–Kier alpha value is -1.45. The molecule has 1 aromatic carbocycles. The summed E-state index contributed by atoms with van der Waals surface area (Å²) in [7, 11) is 3.80. The van der Waals surface area contributed by atoms with Crippen molar-refractivity contribution in [1.82, 2.24) is 10.3 Å². The van der Waals surface area contributed by atoms with Gasteiger partial charge >= 0.3 is 0 Å². The van der Waals surface area contributed by atoms with Gasteiger partial charge in [0.1, 0.15) is 0 Å². The van der Waals surface area contributed by atoms with Crippen LogP contribution in [0.3, 0.4) is 0 Å². The number of aromatic nitrogens is 1. The normalized spacial score (nSPS) is 13.6. The number of methoxy groups -OCH3 is 1. The molecule has 0 fully saturated rings. The Bertz CT molecular complexity index is 555. The van der Waals surface area contributed by atoms with Crippen LogP contribution in [-0.2, 0) is 4.74 Å². The van der Waals surface area contributed by atoms with E-state index in [9.17, 15) is 0 Å². The molecule has 0 radical (unpaired) electrons. The fourth-order valence-corrected chi connectivity index (χ4v) is 3.07. The molecule has 0 bridgehead atoms. The molecule has 3 nitrogen and oxygen atoms in total. The molecule has 1 heterocycles. The summed E-state index contributed by atoms with van der Waals surface area (Å²) < 4.78 is 5.88. The molecule has 0 saturated heterocycles. The highest BCUT2D eigenvalue weighted by atomic mass is 16.5. The van der Waals surface area contributed by atoms with Crippen molar-refractivity contribution in [1.29, 1.82) is 0 Å². The van der Waals surface area contributed by atoms with Crippen molar-refractivity contribution >= 4 is 10.9 Å². The van der Waals surface area contributed by atoms with Gasteiger partial charge in [0.15, 0.2) is 0 Å². The number of hydrogen-bond acceptors (Lipinski definition) is 3. The lowest BCUT2D eigenvalue weighted by molar-refractivity contribution is -0.0467. The average Bonchev–Trinajstić information content (AvgIpc) is 2.52. The molecule has 0 amide bonds. The molecule has 2 rings (SSSR count). The lowest BCUT2D eigenvalue weighted by Gasteiger charge is -2.38. The van der Waals surface area contributed by atoms with E-state index in [0.29, 0.717) is 0 Å². The van der Waals surface area contributed by atoms with Crippen molar-refractivity contribution in [2.24, 2.45) is 0 Å². The van der Waals surface area contributed by atoms with Gasteiger partial charge < -0.3 is 10.1 Å². The molecule has 0 saturated carbocycles. The molecular weight excluding hydrogens is 248 g/mol. The number of fused-ring (bicyclic) bond motifs is 1. The van der Waals surface area contributed by atoms with Crippen LogP contribution in [0.25, 0.3) is 10.9 Å². The van der Waals surface area contributed by atoms with Gasteiger partial charge in [-0.15, -0.1) is 0 Å². The third-order valence-electron chi connectivity index (χ3n) is 4.38. The van der Waals surface area contributed by atoms with Crippen LogP contribution in [-0.4, -0.2) is 24.7 Å². The van der Waals surface area contributed by atoms with Crippen LogP contribution in [0.15, 0.2) is 36.5 Å². The Morgan fingerprint density at radius 2 is 2.00 bits per heavy atom. The third-order valence-corrected chi connectivity index (χ3v) is 4.38. The van der Waals surface area contributed by atoms with Crippen LogP contribution in [0.5, 0.6) is 0 Å². The van der Waals surface area contributed by atoms with Crippen LogP contribution in [0.4, 0.5) is 0 Å². The van der Waals surface area contributed by atoms with Gasteiger partial charge in [-0.05, 0) is 43.7 Å². The highest BCUT2D eigenvalue weighted by molar-refractivity contribution is 5.79. The van der Waals surface area contributed by atoms with Crippen molar-refractivity contribution in [2.45, 2.75) is 38.3 Å². The first-order valence-electron chi connectivity index (χ1n) is 7.27. The van der Waals surface area contributed by atoms with Crippen molar-refractivity contribution in [3.63, 3.8) is 0 Å². The van der Waals surface area contributed by atoms with Crippen molar-refractivity contribution < 1.29 is 4.74 Å². The second kappa shape index (κ2) is 6.33. The zero-order chi connectivity index (χ0) is 14.6. The summed E-state index contributed by atoms with van der Waals surface area (Å²) in [5.74, 6) is 0. The minimum Gasteiger partial charge on any atom is -0.376 e. The van der Waals surface area contributed by atoms with Crippen LogP contribution in [0.2, 0.25) is 0 Å². The van der Waals surface area contributed by atoms with E-state index in [0.717, 1.165) is 18.4 Å². The van der Waals surface area contributed by atoms with E-state index in [1.165, 1.54) is 10.9 Å². The van der Waals surface area contributed by atoms with Gasteiger partial charge in [0.05, 0.1) is 17.2 Å². The summed E-state index contributed by atoms with van der Waals surface area (Å²) in [4.78, 5) is 4.38. The molecule has 108 valence electrons. The van der Waals surface area contributed by atoms with Crippen LogP contribution in [0.1, 0.15) is 38.3 Å². The van der Waals surface area contributed by atoms with Gasteiger partial charge in [-0.3, -0.25) is 4.98 Å². The Balaban J connectivity index is 2.48. The molecule has 1 atom stereocenters. The van der Waals surface area contributed by atoms with Crippen molar-refractivity contribution in [3.05, 3.63) is 42.1 Å². The molecule has 3 heteroatoms. The monoisotopic (exact) mass is 272 g/mol. The maximum atomic E-state index is 5.88. The van der Waals surface area contributed by atoms with Gasteiger partial charge in [0, 0.05) is 18.7 Å². The molecule has 1 N–H and O–H groups in total. The van der Waals surface area contributed by atoms with E-state index in [1.807, 2.05) is 19.3 Å². The van der Waals surface area contributed by atoms with Gasteiger partial charge in [0.25, 0.3) is 0 Å². The first-order chi connectivity index (χ1) is 9.70. The van der Waals surface area contributed by atoms with E-state index in [4.69, 9.17) is 4.74 Å². The SMILES string of the molecule is CCC(CC)(OC)C(NC)c1ccc2ncccc2c1. The average molecular weight is 272 g/mol. The molecule has 0 aliphatic heterocycles. The van der Waals surface area contributed by atoms with Crippen LogP contribution >= 0.6 is 0 Å². The number of nitrogens with one attached hydrogen (secondary N) is 1. The highest BCUT2D eigenvalue weighted by Crippen LogP contribution is 2.35. The highest BCUT2D eigenvalue weighted by Gasteiger charge is 2.35. The predicted octanol–water partition coefficient (Wildman–Crippen LogP) is 3.70. The summed E-state index contributed by atoms with van der Waals surface area (Å²) in [5.41, 5.74) is 2.10. The standard InChI is InChI=1S/C17H24N2O/c1-5-17(6-2,20-4)16(18-3)14-9-10-15-13(12-14)8-7-11-19-15/h7-12,16,18H,5-6H2,1-4H3. The Morgan fingerprint density at radius 3 is 2.60 bits per heavy atom. The predicted molar refractivity (Wildman–Crippen MR) is 83.9 cm³/mol. The summed E-state index contributed by atoms with van der Waals surface area (Å²) >= 11 is 0. The van der Waals surface area contributed by atoms with Crippen molar-refractivity contribution in [3.8, 4) is 0 Å². The fraction of sp³-hybridized carbons (Fsp3) is 0.471. The van der Waals surface area contributed by atoms with Crippen LogP contribution in [0, 0.1) is 0 Å². The number of pyridine rings is 1. The largest absolute Gasteiger partial charge is 0.376 e. The molecule has 20 heavy (non-hydrogen) atoms. The number of nitrogens with zero attached hydrogens (tertiary/aromatic N) is 1. The second-order valence-electron chi connectivity index (χ2n) is 5.15. The van der Waals surface area contributed by atoms with Gasteiger partial charge in [-0.25, -0.2) is 0 Å². The smallest absolute Gasteiger partial charge is 0.0867 e. The first-order valence-corrected chi connectivity index (χ1v) is 7.27. The number of benzene rings is 1. The number of likely N-dealkylation sites (N-methyl/N-ethyl adjacent to an activating group) is 1. The Kier molecular flexibility index (Phi) is 4.73. The molecular formula is C17H24N2O. The third kappa shape index (κ3) is 2.56. The lowest BCUT2D eigenvalue weighted by Crippen LogP contribution is -2.43. The van der Waals surface area contributed by atoms with E-state index in [1.54, 1.807) is 7.11 Å². The number of ether oxygens (including phenoxy) is 1. The van der Waals surface area contributed by atoms with E-state index < -0.39 is 0 Å². The fourth-order valence-electron chi connectivity index (χ4n) is 3.07. The Morgan fingerprint density at radius 1 is 1.25 bits per heavy atom. The zero-order valence-corrected chi connectivity index (χ0v) is 12.8. The summed E-state index contributed by atoms with van der Waals surface area (Å²) in [6.45, 7) is 4.36. The summed E-state index contributed by atoms with van der Waals surface area (Å²) in [6, 6.07) is 10.7.